The van der Waals surface area contributed by atoms with E-state index in [1.165, 1.54) is 0 Å². The van der Waals surface area contributed by atoms with Crippen LogP contribution in [0.1, 0.15) is 12.5 Å². The third kappa shape index (κ3) is 2.97. The van der Waals surface area contributed by atoms with Gasteiger partial charge in [-0.3, -0.25) is 9.78 Å². The second kappa shape index (κ2) is 5.66. The Morgan fingerprint density at radius 2 is 2.22 bits per heavy atom. The first-order valence-corrected chi connectivity index (χ1v) is 5.01. The van der Waals surface area contributed by atoms with E-state index in [0.29, 0.717) is 0 Å². The summed E-state index contributed by atoms with van der Waals surface area (Å²) in [7, 11) is 0. The van der Waals surface area contributed by atoms with Gasteiger partial charge in [0, 0.05) is 6.42 Å². The Balaban J connectivity index is 3.04. The molecule has 1 aromatic rings. The molecule has 0 unspecified atom stereocenters. The lowest BCUT2D eigenvalue weighted by molar-refractivity contribution is -0.135. The molecule has 0 saturated carbocycles. The molecule has 98 valence electrons. The van der Waals surface area contributed by atoms with E-state index < -0.39 is 11.5 Å². The number of hydrogen-bond donors (Lipinski definition) is 4. The number of nitrogens with two attached hydrogens (primary N) is 2. The Morgan fingerprint density at radius 1 is 1.56 bits per heavy atom. The lowest BCUT2D eigenvalue weighted by Gasteiger charge is -2.06. The minimum atomic E-state index is -0.837. The Labute approximate surface area is 101 Å². The highest BCUT2D eigenvalue weighted by atomic mass is 16.5. The van der Waals surface area contributed by atoms with Gasteiger partial charge in [-0.25, -0.2) is 4.79 Å². The molecule has 0 aromatic carbocycles. The molecule has 18 heavy (non-hydrogen) atoms. The number of H-pyrrole nitrogens is 1. The third-order valence-electron chi connectivity index (χ3n) is 2.04. The van der Waals surface area contributed by atoms with Crippen LogP contribution in [0.15, 0.2) is 9.95 Å². The van der Waals surface area contributed by atoms with E-state index in [1.54, 1.807) is 6.92 Å². The highest BCUT2D eigenvalue weighted by Gasteiger charge is 2.18. The first-order valence-electron chi connectivity index (χ1n) is 5.01. The van der Waals surface area contributed by atoms with Crippen LogP contribution in [-0.4, -0.2) is 33.5 Å². The van der Waals surface area contributed by atoms with Crippen LogP contribution in [0.3, 0.4) is 0 Å². The Bertz CT molecular complexity index is 536. The average molecular weight is 255 g/mol. The minimum absolute atomic E-state index is 0.0231. The zero-order valence-electron chi connectivity index (χ0n) is 9.64. The van der Waals surface area contributed by atoms with Crippen LogP contribution in [-0.2, 0) is 16.0 Å². The van der Waals surface area contributed by atoms with E-state index in [1.807, 2.05) is 0 Å². The summed E-state index contributed by atoms with van der Waals surface area (Å²) in [5.41, 5.74) is 9.80. The second-order valence-corrected chi connectivity index (χ2v) is 3.26. The van der Waals surface area contributed by atoms with E-state index in [9.17, 15) is 9.59 Å². The van der Waals surface area contributed by atoms with Crippen molar-refractivity contribution < 1.29 is 14.7 Å². The number of esters is 1. The molecule has 0 saturated heterocycles. The van der Waals surface area contributed by atoms with Crippen LogP contribution in [0.25, 0.3) is 0 Å². The SMILES string of the molecule is CCOC(=O)/C(Cc1c(N)nc(N)[nH]c1=O)=N\O. The van der Waals surface area contributed by atoms with Crippen LogP contribution in [0, 0.1) is 0 Å². The second-order valence-electron chi connectivity index (χ2n) is 3.26. The van der Waals surface area contributed by atoms with Crippen molar-refractivity contribution in [1.29, 1.82) is 0 Å². The van der Waals surface area contributed by atoms with Crippen LogP contribution < -0.4 is 17.0 Å². The number of hydrogen-bond acceptors (Lipinski definition) is 8. The molecule has 9 heteroatoms. The quantitative estimate of drug-likeness (QED) is 0.229. The fourth-order valence-corrected chi connectivity index (χ4v) is 1.23. The zero-order chi connectivity index (χ0) is 13.7. The van der Waals surface area contributed by atoms with Gasteiger partial charge in [-0.15, -0.1) is 0 Å². The van der Waals surface area contributed by atoms with Gasteiger partial charge in [0.15, 0.2) is 5.71 Å². The van der Waals surface area contributed by atoms with Crippen molar-refractivity contribution in [2.24, 2.45) is 5.16 Å². The van der Waals surface area contributed by atoms with Crippen molar-refractivity contribution in [3.63, 3.8) is 0 Å². The van der Waals surface area contributed by atoms with Crippen LogP contribution in [0.4, 0.5) is 11.8 Å². The van der Waals surface area contributed by atoms with Crippen LogP contribution in [0.2, 0.25) is 0 Å². The zero-order valence-corrected chi connectivity index (χ0v) is 9.64. The van der Waals surface area contributed by atoms with Gasteiger partial charge in [0.05, 0.1) is 12.2 Å². The van der Waals surface area contributed by atoms with Crippen LogP contribution >= 0.6 is 0 Å². The lowest BCUT2D eigenvalue weighted by Crippen LogP contribution is -2.26. The molecule has 0 amide bonds. The third-order valence-corrected chi connectivity index (χ3v) is 2.04. The smallest absolute Gasteiger partial charge is 0.356 e. The van der Waals surface area contributed by atoms with Gasteiger partial charge < -0.3 is 21.4 Å². The maximum atomic E-state index is 11.5. The van der Waals surface area contributed by atoms with Gasteiger partial charge in [-0.05, 0) is 6.92 Å². The van der Waals surface area contributed by atoms with E-state index in [0.717, 1.165) is 0 Å². The summed E-state index contributed by atoms with van der Waals surface area (Å²) in [5, 5.41) is 11.5. The summed E-state index contributed by atoms with van der Waals surface area (Å²) < 4.78 is 4.64. The number of carbonyl (C=O) groups excluding carboxylic acids is 1. The molecule has 0 bridgehead atoms. The average Bonchev–Trinajstić information content (AvgIpc) is 2.28. The number of anilines is 2. The molecular formula is C9H13N5O4. The maximum Gasteiger partial charge on any atom is 0.356 e. The fraction of sp³-hybridized carbons (Fsp3) is 0.333. The van der Waals surface area contributed by atoms with Crippen molar-refractivity contribution in [2.75, 3.05) is 18.1 Å². The number of aromatic amines is 1. The molecule has 9 nitrogen and oxygen atoms in total. The van der Waals surface area contributed by atoms with Gasteiger partial charge >= 0.3 is 5.97 Å². The summed E-state index contributed by atoms with van der Waals surface area (Å²) >= 11 is 0. The summed E-state index contributed by atoms with van der Waals surface area (Å²) in [6.45, 7) is 1.71. The molecule has 0 aliphatic carbocycles. The van der Waals surface area contributed by atoms with E-state index in [-0.39, 0.29) is 36.1 Å². The maximum absolute atomic E-state index is 11.5. The van der Waals surface area contributed by atoms with E-state index in [4.69, 9.17) is 16.7 Å². The van der Waals surface area contributed by atoms with Gasteiger partial charge in [0.2, 0.25) is 5.95 Å². The molecule has 0 atom stereocenters. The Kier molecular flexibility index (Phi) is 4.24. The molecular weight excluding hydrogens is 242 g/mol. The molecule has 0 aliphatic rings. The number of aromatic nitrogens is 2. The number of nitrogen functional groups attached to an aromatic ring is 2. The predicted octanol–water partition coefficient (Wildman–Crippen LogP) is -1.13. The lowest BCUT2D eigenvalue weighted by atomic mass is 10.1. The molecule has 6 N–H and O–H groups in total. The Morgan fingerprint density at radius 3 is 2.72 bits per heavy atom. The number of oxime groups is 1. The van der Waals surface area contributed by atoms with Gasteiger partial charge in [0.25, 0.3) is 5.56 Å². The molecule has 1 rings (SSSR count). The largest absolute Gasteiger partial charge is 0.461 e. The normalized spacial score (nSPS) is 11.3. The highest BCUT2D eigenvalue weighted by molar-refractivity contribution is 6.36. The topological polar surface area (TPSA) is 157 Å². The minimum Gasteiger partial charge on any atom is -0.461 e. The summed E-state index contributed by atoms with van der Waals surface area (Å²) in [6, 6.07) is 0. The van der Waals surface area contributed by atoms with Gasteiger partial charge in [-0.2, -0.15) is 4.98 Å². The number of nitrogens with zero attached hydrogens (tertiary/aromatic N) is 2. The standard InChI is InChI=1S/C9H13N5O4/c1-2-18-8(16)5(14-17)3-4-6(10)12-9(11)13-7(4)15/h17H,2-3H2,1H3,(H5,10,11,12,13,15)/b14-5-. The number of rotatable bonds is 4. The fourth-order valence-electron chi connectivity index (χ4n) is 1.23. The summed E-state index contributed by atoms with van der Waals surface area (Å²) in [5.74, 6) is -1.11. The van der Waals surface area contributed by atoms with E-state index >= 15 is 0 Å². The number of ether oxygens (including phenoxy) is 1. The predicted molar refractivity (Wildman–Crippen MR) is 63.2 cm³/mol. The number of nitrogens with one attached hydrogen (secondary N) is 1. The van der Waals surface area contributed by atoms with Gasteiger partial charge in [0.1, 0.15) is 5.82 Å². The Hall–Kier alpha value is -2.58. The van der Waals surface area contributed by atoms with Crippen molar-refractivity contribution in [3.05, 3.63) is 15.9 Å². The molecule has 0 spiro atoms. The summed E-state index contributed by atoms with van der Waals surface area (Å²) in [4.78, 5) is 28.8. The first-order chi connectivity index (χ1) is 8.49. The summed E-state index contributed by atoms with van der Waals surface area (Å²) in [6.07, 6.45) is -0.302. The van der Waals surface area contributed by atoms with E-state index in [2.05, 4.69) is 19.9 Å². The monoisotopic (exact) mass is 255 g/mol. The molecule has 0 aliphatic heterocycles. The molecule has 0 radical (unpaired) electrons. The highest BCUT2D eigenvalue weighted by Crippen LogP contribution is 2.06. The molecule has 0 fully saturated rings. The van der Waals surface area contributed by atoms with Crippen LogP contribution in [0.5, 0.6) is 0 Å². The van der Waals surface area contributed by atoms with Crippen molar-refractivity contribution in [3.8, 4) is 0 Å². The molecule has 1 heterocycles. The first kappa shape index (κ1) is 13.5. The number of carbonyl (C=O) groups is 1. The van der Waals surface area contributed by atoms with Gasteiger partial charge in [-0.1, -0.05) is 5.16 Å². The molecule has 1 aromatic heterocycles. The van der Waals surface area contributed by atoms with Crippen molar-refractivity contribution in [1.82, 2.24) is 9.97 Å². The van der Waals surface area contributed by atoms with Crippen molar-refractivity contribution in [2.45, 2.75) is 13.3 Å². The van der Waals surface area contributed by atoms with Crippen molar-refractivity contribution >= 4 is 23.4 Å².